The van der Waals surface area contributed by atoms with Gasteiger partial charge in [0.15, 0.2) is 0 Å². The van der Waals surface area contributed by atoms with Gasteiger partial charge in [-0.15, -0.1) is 11.6 Å². The van der Waals surface area contributed by atoms with Crippen LogP contribution in [0.2, 0.25) is 10.0 Å². The Balaban J connectivity index is 2.35. The lowest BCUT2D eigenvalue weighted by atomic mass is 9.76. The molecule has 1 aromatic carbocycles. The summed E-state index contributed by atoms with van der Waals surface area (Å²) in [5.74, 6) is 0.592. The maximum absolute atomic E-state index is 6.13. The second-order valence-electron chi connectivity index (χ2n) is 4.16. The van der Waals surface area contributed by atoms with Gasteiger partial charge in [-0.1, -0.05) is 29.3 Å². The maximum atomic E-state index is 6.13. The predicted octanol–water partition coefficient (Wildman–Crippen LogP) is 4.28. The van der Waals surface area contributed by atoms with Crippen LogP contribution in [0, 0.1) is 0 Å². The average molecular weight is 280 g/mol. The lowest BCUT2D eigenvalue weighted by Crippen LogP contribution is -2.35. The highest BCUT2D eigenvalue weighted by Gasteiger charge is 2.33. The van der Waals surface area contributed by atoms with E-state index in [-0.39, 0.29) is 5.41 Å². The molecule has 1 heterocycles. The van der Waals surface area contributed by atoms with Crippen LogP contribution in [0.25, 0.3) is 0 Å². The van der Waals surface area contributed by atoms with E-state index in [1.165, 1.54) is 5.56 Å². The minimum Gasteiger partial charge on any atom is -0.381 e. The zero-order valence-electron chi connectivity index (χ0n) is 8.81. The molecule has 1 aliphatic heterocycles. The first-order valence-corrected chi connectivity index (χ1v) is 6.56. The van der Waals surface area contributed by atoms with E-state index in [0.29, 0.717) is 15.9 Å². The Morgan fingerprint density at radius 2 is 1.81 bits per heavy atom. The van der Waals surface area contributed by atoms with Gasteiger partial charge >= 0.3 is 0 Å². The summed E-state index contributed by atoms with van der Waals surface area (Å²) in [6, 6.07) is 5.78. The van der Waals surface area contributed by atoms with Gasteiger partial charge in [0, 0.05) is 24.5 Å². The molecule has 1 saturated heterocycles. The molecule has 16 heavy (non-hydrogen) atoms. The van der Waals surface area contributed by atoms with E-state index < -0.39 is 0 Å². The van der Waals surface area contributed by atoms with Crippen molar-refractivity contribution in [1.29, 1.82) is 0 Å². The SMILES string of the molecule is ClCC1(c2ccc(Cl)c(Cl)c2)CCOCC1. The van der Waals surface area contributed by atoms with E-state index in [4.69, 9.17) is 39.5 Å². The van der Waals surface area contributed by atoms with Gasteiger partial charge in [0.25, 0.3) is 0 Å². The molecule has 0 bridgehead atoms. The van der Waals surface area contributed by atoms with Gasteiger partial charge < -0.3 is 4.74 Å². The molecule has 2 rings (SSSR count). The van der Waals surface area contributed by atoms with E-state index in [0.717, 1.165) is 26.1 Å². The van der Waals surface area contributed by atoms with Crippen LogP contribution in [-0.4, -0.2) is 19.1 Å². The van der Waals surface area contributed by atoms with Crippen LogP contribution in [-0.2, 0) is 10.2 Å². The van der Waals surface area contributed by atoms with Crippen molar-refractivity contribution in [2.45, 2.75) is 18.3 Å². The molecule has 0 atom stereocenters. The van der Waals surface area contributed by atoms with E-state index >= 15 is 0 Å². The van der Waals surface area contributed by atoms with Crippen molar-refractivity contribution in [2.24, 2.45) is 0 Å². The fourth-order valence-electron chi connectivity index (χ4n) is 2.09. The Morgan fingerprint density at radius 1 is 1.12 bits per heavy atom. The van der Waals surface area contributed by atoms with Crippen LogP contribution in [0.15, 0.2) is 18.2 Å². The lowest BCUT2D eigenvalue weighted by molar-refractivity contribution is 0.0576. The molecular formula is C12H13Cl3O. The lowest BCUT2D eigenvalue weighted by Gasteiger charge is -2.36. The largest absolute Gasteiger partial charge is 0.381 e. The Kier molecular flexibility index (Phi) is 4.01. The second-order valence-corrected chi connectivity index (χ2v) is 5.24. The Labute approximate surface area is 111 Å². The molecule has 1 aliphatic rings. The molecule has 0 aliphatic carbocycles. The zero-order valence-corrected chi connectivity index (χ0v) is 11.1. The van der Waals surface area contributed by atoms with E-state index in [1.807, 2.05) is 18.2 Å². The highest BCUT2D eigenvalue weighted by atomic mass is 35.5. The topological polar surface area (TPSA) is 9.23 Å². The summed E-state index contributed by atoms with van der Waals surface area (Å²) in [4.78, 5) is 0. The molecule has 0 aromatic heterocycles. The van der Waals surface area contributed by atoms with Crippen molar-refractivity contribution < 1.29 is 4.74 Å². The van der Waals surface area contributed by atoms with Crippen LogP contribution < -0.4 is 0 Å². The molecule has 0 unspecified atom stereocenters. The summed E-state index contributed by atoms with van der Waals surface area (Å²) in [6.07, 6.45) is 1.88. The van der Waals surface area contributed by atoms with Crippen LogP contribution in [0.1, 0.15) is 18.4 Å². The van der Waals surface area contributed by atoms with Crippen molar-refractivity contribution in [2.75, 3.05) is 19.1 Å². The summed E-state index contributed by atoms with van der Waals surface area (Å²) in [7, 11) is 0. The first-order valence-electron chi connectivity index (χ1n) is 5.27. The van der Waals surface area contributed by atoms with Crippen LogP contribution in [0.5, 0.6) is 0 Å². The van der Waals surface area contributed by atoms with Gasteiger partial charge in [0.1, 0.15) is 0 Å². The highest BCUT2D eigenvalue weighted by molar-refractivity contribution is 6.42. The number of ether oxygens (including phenoxy) is 1. The quantitative estimate of drug-likeness (QED) is 0.734. The monoisotopic (exact) mass is 278 g/mol. The van der Waals surface area contributed by atoms with Crippen molar-refractivity contribution in [3.05, 3.63) is 33.8 Å². The number of rotatable bonds is 2. The average Bonchev–Trinajstić information content (AvgIpc) is 2.33. The van der Waals surface area contributed by atoms with Crippen LogP contribution in [0.3, 0.4) is 0 Å². The molecule has 0 radical (unpaired) electrons. The predicted molar refractivity (Wildman–Crippen MR) is 68.9 cm³/mol. The summed E-state index contributed by atoms with van der Waals surface area (Å²) in [5, 5.41) is 1.18. The Bertz CT molecular complexity index is 373. The van der Waals surface area contributed by atoms with Crippen molar-refractivity contribution in [3.8, 4) is 0 Å². The van der Waals surface area contributed by atoms with Gasteiger partial charge in [-0.25, -0.2) is 0 Å². The second kappa shape index (κ2) is 5.14. The van der Waals surface area contributed by atoms with Crippen LogP contribution >= 0.6 is 34.8 Å². The summed E-state index contributed by atoms with van der Waals surface area (Å²) >= 11 is 18.1. The summed E-state index contributed by atoms with van der Waals surface area (Å²) in [5.41, 5.74) is 1.16. The fourth-order valence-corrected chi connectivity index (χ4v) is 2.81. The molecule has 0 amide bonds. The molecule has 4 heteroatoms. The number of benzene rings is 1. The standard InChI is InChI=1S/C12H13Cl3O/c13-8-12(3-5-16-6-4-12)9-1-2-10(14)11(15)7-9/h1-2,7H,3-6,8H2. The minimum absolute atomic E-state index is 0.00592. The molecule has 1 nitrogen and oxygen atoms in total. The van der Waals surface area contributed by atoms with E-state index in [2.05, 4.69) is 0 Å². The Hall–Kier alpha value is 0.0500. The summed E-state index contributed by atoms with van der Waals surface area (Å²) < 4.78 is 5.38. The van der Waals surface area contributed by atoms with Gasteiger partial charge in [-0.05, 0) is 30.5 Å². The summed E-state index contributed by atoms with van der Waals surface area (Å²) in [6.45, 7) is 1.51. The minimum atomic E-state index is -0.00592. The molecule has 0 N–H and O–H groups in total. The molecule has 0 saturated carbocycles. The highest BCUT2D eigenvalue weighted by Crippen LogP contribution is 2.38. The number of hydrogen-bond acceptors (Lipinski definition) is 1. The molecular weight excluding hydrogens is 266 g/mol. The van der Waals surface area contributed by atoms with Crippen molar-refractivity contribution in [3.63, 3.8) is 0 Å². The van der Waals surface area contributed by atoms with Crippen molar-refractivity contribution in [1.82, 2.24) is 0 Å². The number of halogens is 3. The van der Waals surface area contributed by atoms with E-state index in [1.54, 1.807) is 0 Å². The first kappa shape index (κ1) is 12.5. The third-order valence-electron chi connectivity index (χ3n) is 3.24. The third kappa shape index (κ3) is 2.33. The third-order valence-corrected chi connectivity index (χ3v) is 4.49. The number of alkyl halides is 1. The van der Waals surface area contributed by atoms with Gasteiger partial charge in [0.2, 0.25) is 0 Å². The first-order chi connectivity index (χ1) is 7.68. The number of hydrogen-bond donors (Lipinski definition) is 0. The normalized spacial score (nSPS) is 19.7. The smallest absolute Gasteiger partial charge is 0.0595 e. The molecule has 1 fully saturated rings. The fraction of sp³-hybridized carbons (Fsp3) is 0.500. The molecule has 88 valence electrons. The molecule has 0 spiro atoms. The van der Waals surface area contributed by atoms with Gasteiger partial charge in [0.05, 0.1) is 10.0 Å². The van der Waals surface area contributed by atoms with E-state index in [9.17, 15) is 0 Å². The Morgan fingerprint density at radius 3 is 2.38 bits per heavy atom. The maximum Gasteiger partial charge on any atom is 0.0595 e. The van der Waals surface area contributed by atoms with Crippen molar-refractivity contribution >= 4 is 34.8 Å². The van der Waals surface area contributed by atoms with Crippen LogP contribution in [0.4, 0.5) is 0 Å². The van der Waals surface area contributed by atoms with Gasteiger partial charge in [-0.2, -0.15) is 0 Å². The van der Waals surface area contributed by atoms with Gasteiger partial charge in [-0.3, -0.25) is 0 Å². The molecule has 1 aromatic rings. The zero-order chi connectivity index (χ0) is 11.6.